The monoisotopic (exact) mass is 315 g/mol. The first-order chi connectivity index (χ1) is 8.71. The molecule has 3 nitrogen and oxygen atoms in total. The Morgan fingerprint density at radius 1 is 1.33 bits per heavy atom. The first kappa shape index (κ1) is 15.5. The second-order valence-electron chi connectivity index (χ2n) is 4.31. The number of benzene rings is 1. The van der Waals surface area contributed by atoms with Gasteiger partial charge in [0, 0.05) is 17.6 Å². The molecule has 0 fully saturated rings. The van der Waals surface area contributed by atoms with E-state index >= 15 is 0 Å². The molecular weight excluding hydrogens is 294 g/mol. The second kappa shape index (κ2) is 8.51. The lowest BCUT2D eigenvalue weighted by Gasteiger charge is -2.22. The molecule has 0 saturated heterocycles. The molecule has 102 valence electrons. The van der Waals surface area contributed by atoms with Gasteiger partial charge in [0.15, 0.2) is 0 Å². The molecule has 0 spiro atoms. The van der Waals surface area contributed by atoms with E-state index in [9.17, 15) is 0 Å². The lowest BCUT2D eigenvalue weighted by atomic mass is 10.2. The zero-order chi connectivity index (χ0) is 13.4. The van der Waals surface area contributed by atoms with Crippen LogP contribution in [-0.2, 0) is 6.54 Å². The van der Waals surface area contributed by atoms with E-state index in [0.717, 1.165) is 29.7 Å². The molecule has 0 bridgehead atoms. The molecule has 0 heterocycles. The molecule has 1 N–H and O–H groups in total. The summed E-state index contributed by atoms with van der Waals surface area (Å²) < 4.78 is 6.33. The molecule has 1 aromatic carbocycles. The van der Waals surface area contributed by atoms with Crippen molar-refractivity contribution in [3.05, 3.63) is 28.2 Å². The van der Waals surface area contributed by atoms with Crippen molar-refractivity contribution in [1.29, 1.82) is 0 Å². The fourth-order valence-electron chi connectivity index (χ4n) is 1.83. The number of methoxy groups -OCH3 is 1. The third-order valence-corrected chi connectivity index (χ3v) is 3.66. The first-order valence-corrected chi connectivity index (χ1v) is 7.16. The van der Waals surface area contributed by atoms with Gasteiger partial charge in [-0.25, -0.2) is 0 Å². The molecular formula is C14H22BrNO2. The molecule has 0 aromatic heterocycles. The Labute approximate surface area is 118 Å². The average Bonchev–Trinajstić information content (AvgIpc) is 2.38. The van der Waals surface area contributed by atoms with Gasteiger partial charge >= 0.3 is 0 Å². The van der Waals surface area contributed by atoms with Crippen LogP contribution in [0.4, 0.5) is 0 Å². The Balaban J connectivity index is 2.72. The van der Waals surface area contributed by atoms with E-state index in [1.807, 2.05) is 18.2 Å². The number of aliphatic hydroxyl groups excluding tert-OH is 1. The molecule has 1 aromatic rings. The molecule has 1 rings (SSSR count). The van der Waals surface area contributed by atoms with E-state index in [4.69, 9.17) is 9.84 Å². The highest BCUT2D eigenvalue weighted by atomic mass is 79.9. The number of halogens is 1. The summed E-state index contributed by atoms with van der Waals surface area (Å²) >= 11 is 3.56. The van der Waals surface area contributed by atoms with Crippen LogP contribution in [-0.4, -0.2) is 36.8 Å². The van der Waals surface area contributed by atoms with Crippen LogP contribution in [0.25, 0.3) is 0 Å². The van der Waals surface area contributed by atoms with Gasteiger partial charge in [0.25, 0.3) is 0 Å². The minimum atomic E-state index is 0.200. The van der Waals surface area contributed by atoms with Gasteiger partial charge in [0.05, 0.1) is 13.7 Å². The molecule has 0 amide bonds. The molecule has 0 radical (unpaired) electrons. The predicted octanol–water partition coefficient (Wildman–Crippen LogP) is 3.05. The quantitative estimate of drug-likeness (QED) is 0.800. The number of nitrogens with zero attached hydrogens (tertiary/aromatic N) is 1. The summed E-state index contributed by atoms with van der Waals surface area (Å²) in [4.78, 5) is 2.27. The Morgan fingerprint density at radius 3 is 2.72 bits per heavy atom. The van der Waals surface area contributed by atoms with Crippen LogP contribution >= 0.6 is 15.9 Å². The van der Waals surface area contributed by atoms with Crippen LogP contribution in [0.2, 0.25) is 0 Å². The zero-order valence-corrected chi connectivity index (χ0v) is 12.7. The number of hydrogen-bond acceptors (Lipinski definition) is 3. The Hall–Kier alpha value is -0.580. The molecule has 4 heteroatoms. The topological polar surface area (TPSA) is 32.7 Å². The fourth-order valence-corrected chi connectivity index (χ4v) is 2.21. The van der Waals surface area contributed by atoms with E-state index in [-0.39, 0.29) is 6.61 Å². The number of hydrogen-bond donors (Lipinski definition) is 1. The van der Waals surface area contributed by atoms with E-state index in [1.165, 1.54) is 12.0 Å². The van der Waals surface area contributed by atoms with Crippen molar-refractivity contribution in [3.8, 4) is 5.75 Å². The van der Waals surface area contributed by atoms with Crippen LogP contribution in [0.5, 0.6) is 5.75 Å². The standard InChI is InChI=1S/C14H22BrNO2/c1-3-4-7-16(8-9-17)11-12-10-13(18-2)5-6-14(12)15/h5-6,10,17H,3-4,7-9,11H2,1-2H3. The van der Waals surface area contributed by atoms with E-state index in [1.54, 1.807) is 7.11 Å². The SMILES string of the molecule is CCCCN(CCO)Cc1cc(OC)ccc1Br. The van der Waals surface area contributed by atoms with Gasteiger partial charge in [0.1, 0.15) is 5.75 Å². The van der Waals surface area contributed by atoms with Gasteiger partial charge in [-0.15, -0.1) is 0 Å². The van der Waals surface area contributed by atoms with Gasteiger partial charge in [0.2, 0.25) is 0 Å². The van der Waals surface area contributed by atoms with Crippen LogP contribution < -0.4 is 4.74 Å². The maximum atomic E-state index is 9.11. The highest BCUT2D eigenvalue weighted by molar-refractivity contribution is 9.10. The first-order valence-electron chi connectivity index (χ1n) is 6.36. The Bertz CT molecular complexity index is 358. The summed E-state index contributed by atoms with van der Waals surface area (Å²) in [6, 6.07) is 5.99. The van der Waals surface area contributed by atoms with E-state index in [2.05, 4.69) is 27.8 Å². The largest absolute Gasteiger partial charge is 0.497 e. The van der Waals surface area contributed by atoms with Crippen molar-refractivity contribution in [2.24, 2.45) is 0 Å². The normalized spacial score (nSPS) is 10.9. The summed E-state index contributed by atoms with van der Waals surface area (Å²) in [6.07, 6.45) is 2.32. The average molecular weight is 316 g/mol. The summed E-state index contributed by atoms with van der Waals surface area (Å²) in [6.45, 7) is 4.94. The maximum absolute atomic E-state index is 9.11. The van der Waals surface area contributed by atoms with Gasteiger partial charge in [-0.1, -0.05) is 29.3 Å². The Kier molecular flexibility index (Phi) is 7.32. The molecule has 0 aliphatic rings. The van der Waals surface area contributed by atoms with Crippen molar-refractivity contribution in [3.63, 3.8) is 0 Å². The molecule has 0 unspecified atom stereocenters. The third-order valence-electron chi connectivity index (χ3n) is 2.89. The lowest BCUT2D eigenvalue weighted by Crippen LogP contribution is -2.27. The highest BCUT2D eigenvalue weighted by Gasteiger charge is 2.08. The summed E-state index contributed by atoms with van der Waals surface area (Å²) in [5.74, 6) is 0.868. The maximum Gasteiger partial charge on any atom is 0.119 e. The smallest absolute Gasteiger partial charge is 0.119 e. The molecule has 18 heavy (non-hydrogen) atoms. The fraction of sp³-hybridized carbons (Fsp3) is 0.571. The van der Waals surface area contributed by atoms with Crippen molar-refractivity contribution in [2.45, 2.75) is 26.3 Å². The molecule has 0 aliphatic heterocycles. The Morgan fingerprint density at radius 2 is 2.11 bits per heavy atom. The van der Waals surface area contributed by atoms with Crippen LogP contribution in [0.15, 0.2) is 22.7 Å². The number of ether oxygens (including phenoxy) is 1. The summed E-state index contributed by atoms with van der Waals surface area (Å²) in [7, 11) is 1.68. The second-order valence-corrected chi connectivity index (χ2v) is 5.16. The van der Waals surface area contributed by atoms with Gasteiger partial charge in [-0.2, -0.15) is 0 Å². The van der Waals surface area contributed by atoms with Gasteiger partial charge in [-0.05, 0) is 36.7 Å². The van der Waals surface area contributed by atoms with Gasteiger partial charge in [-0.3, -0.25) is 4.90 Å². The highest BCUT2D eigenvalue weighted by Crippen LogP contribution is 2.23. The van der Waals surface area contributed by atoms with Gasteiger partial charge < -0.3 is 9.84 Å². The summed E-state index contributed by atoms with van der Waals surface area (Å²) in [5.41, 5.74) is 1.19. The minimum Gasteiger partial charge on any atom is -0.497 e. The summed E-state index contributed by atoms with van der Waals surface area (Å²) in [5, 5.41) is 9.11. The van der Waals surface area contributed by atoms with Crippen molar-refractivity contribution < 1.29 is 9.84 Å². The number of rotatable bonds is 8. The van der Waals surface area contributed by atoms with Crippen LogP contribution in [0, 0.1) is 0 Å². The van der Waals surface area contributed by atoms with Crippen molar-refractivity contribution in [2.75, 3.05) is 26.8 Å². The molecule has 0 aliphatic carbocycles. The lowest BCUT2D eigenvalue weighted by molar-refractivity contribution is 0.188. The third kappa shape index (κ3) is 4.96. The van der Waals surface area contributed by atoms with E-state index in [0.29, 0.717) is 6.54 Å². The minimum absolute atomic E-state index is 0.200. The van der Waals surface area contributed by atoms with E-state index < -0.39 is 0 Å². The molecule has 0 atom stereocenters. The zero-order valence-electron chi connectivity index (χ0n) is 11.2. The van der Waals surface area contributed by atoms with Crippen molar-refractivity contribution in [1.82, 2.24) is 4.90 Å². The molecule has 0 saturated carbocycles. The van der Waals surface area contributed by atoms with Crippen molar-refractivity contribution >= 4 is 15.9 Å². The van der Waals surface area contributed by atoms with Crippen LogP contribution in [0.3, 0.4) is 0 Å². The number of unbranched alkanes of at least 4 members (excludes halogenated alkanes) is 1. The van der Waals surface area contributed by atoms with Crippen LogP contribution in [0.1, 0.15) is 25.3 Å². The predicted molar refractivity (Wildman–Crippen MR) is 78.0 cm³/mol. The number of aliphatic hydroxyl groups is 1.